The van der Waals surface area contributed by atoms with Crippen LogP contribution >= 0.6 is 15.9 Å². The molecular weight excluding hydrogens is 270 g/mol. The van der Waals surface area contributed by atoms with Gasteiger partial charge in [0.25, 0.3) is 0 Å². The van der Waals surface area contributed by atoms with E-state index in [-0.39, 0.29) is 0 Å². The monoisotopic (exact) mass is 279 g/mol. The molecule has 82 valence electrons. The number of nitrogens with one attached hydrogen (secondary N) is 1. The Kier molecular flexibility index (Phi) is 3.31. The van der Waals surface area contributed by atoms with E-state index in [2.05, 4.69) is 36.2 Å². The first-order valence-electron chi connectivity index (χ1n) is 4.67. The highest BCUT2D eigenvalue weighted by atomic mass is 79.9. The molecule has 3 N–H and O–H groups in total. The minimum Gasteiger partial charge on any atom is -0.383 e. The molecule has 0 bridgehead atoms. The average molecular weight is 280 g/mol. The first kappa shape index (κ1) is 10.8. The van der Waals surface area contributed by atoms with Crippen molar-refractivity contribution < 1.29 is 0 Å². The van der Waals surface area contributed by atoms with Gasteiger partial charge in [0.2, 0.25) is 5.95 Å². The van der Waals surface area contributed by atoms with Crippen LogP contribution in [0.25, 0.3) is 0 Å². The van der Waals surface area contributed by atoms with E-state index >= 15 is 0 Å². The highest BCUT2D eigenvalue weighted by molar-refractivity contribution is 9.10. The summed E-state index contributed by atoms with van der Waals surface area (Å²) in [5, 5.41) is 3.08. The van der Waals surface area contributed by atoms with E-state index in [0.29, 0.717) is 22.9 Å². The van der Waals surface area contributed by atoms with Gasteiger partial charge in [-0.2, -0.15) is 4.98 Å². The summed E-state index contributed by atoms with van der Waals surface area (Å²) in [6.07, 6.45) is 3.49. The first-order valence-corrected chi connectivity index (χ1v) is 5.46. The van der Waals surface area contributed by atoms with Crippen LogP contribution in [0.3, 0.4) is 0 Å². The van der Waals surface area contributed by atoms with Crippen molar-refractivity contribution in [3.05, 3.63) is 40.8 Å². The van der Waals surface area contributed by atoms with Gasteiger partial charge in [-0.05, 0) is 33.6 Å². The molecule has 0 amide bonds. The van der Waals surface area contributed by atoms with Crippen molar-refractivity contribution in [1.29, 1.82) is 0 Å². The van der Waals surface area contributed by atoms with Crippen molar-refractivity contribution in [2.45, 2.75) is 6.54 Å². The van der Waals surface area contributed by atoms with Gasteiger partial charge in [-0.25, -0.2) is 4.98 Å². The smallest absolute Gasteiger partial charge is 0.225 e. The molecule has 2 rings (SSSR count). The summed E-state index contributed by atoms with van der Waals surface area (Å²) >= 11 is 3.26. The summed E-state index contributed by atoms with van der Waals surface area (Å²) in [6, 6.07) is 5.50. The molecule has 6 heteroatoms. The predicted octanol–water partition coefficient (Wildman–Crippen LogP) is 1.83. The lowest BCUT2D eigenvalue weighted by Gasteiger charge is -2.05. The molecule has 0 aliphatic carbocycles. The number of pyridine rings is 1. The van der Waals surface area contributed by atoms with Gasteiger partial charge in [0.1, 0.15) is 10.4 Å². The van der Waals surface area contributed by atoms with Crippen LogP contribution in [0.2, 0.25) is 0 Å². The maximum atomic E-state index is 5.60. The van der Waals surface area contributed by atoms with Gasteiger partial charge in [0.15, 0.2) is 0 Å². The van der Waals surface area contributed by atoms with Crippen molar-refractivity contribution in [3.63, 3.8) is 0 Å². The zero-order chi connectivity index (χ0) is 11.4. The Bertz CT molecular complexity index is 454. The summed E-state index contributed by atoms with van der Waals surface area (Å²) in [5.41, 5.74) is 6.71. The maximum Gasteiger partial charge on any atom is 0.225 e. The Labute approximate surface area is 101 Å². The van der Waals surface area contributed by atoms with E-state index in [0.717, 1.165) is 5.56 Å². The summed E-state index contributed by atoms with van der Waals surface area (Å²) in [7, 11) is 0. The van der Waals surface area contributed by atoms with Crippen molar-refractivity contribution in [2.75, 3.05) is 11.1 Å². The summed E-state index contributed by atoms with van der Waals surface area (Å²) in [4.78, 5) is 12.1. The highest BCUT2D eigenvalue weighted by Gasteiger charge is 2.00. The zero-order valence-corrected chi connectivity index (χ0v) is 9.98. The van der Waals surface area contributed by atoms with Crippen LogP contribution in [0, 0.1) is 0 Å². The number of hydrogen-bond donors (Lipinski definition) is 2. The van der Waals surface area contributed by atoms with Crippen LogP contribution in [0.4, 0.5) is 11.8 Å². The van der Waals surface area contributed by atoms with Crippen molar-refractivity contribution >= 4 is 27.7 Å². The van der Waals surface area contributed by atoms with Crippen LogP contribution in [0.15, 0.2) is 35.2 Å². The molecule has 0 saturated heterocycles. The average Bonchev–Trinajstić information content (AvgIpc) is 2.27. The summed E-state index contributed by atoms with van der Waals surface area (Å²) in [5.74, 6) is 0.933. The second kappa shape index (κ2) is 4.89. The summed E-state index contributed by atoms with van der Waals surface area (Å²) < 4.78 is 0.664. The minimum absolute atomic E-state index is 0.430. The molecule has 2 aromatic heterocycles. The molecule has 0 fully saturated rings. The SMILES string of the molecule is Nc1cc(Br)nc(NCc2ccncc2)n1. The zero-order valence-electron chi connectivity index (χ0n) is 8.39. The minimum atomic E-state index is 0.430. The molecule has 0 saturated carbocycles. The Morgan fingerprint density at radius 1 is 1.25 bits per heavy atom. The molecular formula is C10H10BrN5. The normalized spacial score (nSPS) is 10.1. The molecule has 2 aromatic rings. The van der Waals surface area contributed by atoms with E-state index in [1.807, 2.05) is 12.1 Å². The van der Waals surface area contributed by atoms with Crippen LogP contribution in [0.1, 0.15) is 5.56 Å². The van der Waals surface area contributed by atoms with Crippen molar-refractivity contribution in [3.8, 4) is 0 Å². The van der Waals surface area contributed by atoms with Gasteiger partial charge in [0, 0.05) is 25.0 Å². The Morgan fingerprint density at radius 3 is 2.69 bits per heavy atom. The van der Waals surface area contributed by atoms with Gasteiger partial charge < -0.3 is 11.1 Å². The predicted molar refractivity (Wildman–Crippen MR) is 65.7 cm³/mol. The third kappa shape index (κ3) is 2.90. The van der Waals surface area contributed by atoms with Crippen LogP contribution in [-0.4, -0.2) is 15.0 Å². The lowest BCUT2D eigenvalue weighted by atomic mass is 10.3. The number of halogens is 1. The van der Waals surface area contributed by atoms with E-state index < -0.39 is 0 Å². The topological polar surface area (TPSA) is 76.7 Å². The number of hydrogen-bond acceptors (Lipinski definition) is 5. The second-order valence-corrected chi connectivity index (χ2v) is 3.96. The van der Waals surface area contributed by atoms with Gasteiger partial charge in [-0.15, -0.1) is 0 Å². The second-order valence-electron chi connectivity index (χ2n) is 3.15. The summed E-state index contributed by atoms with van der Waals surface area (Å²) in [6.45, 7) is 0.637. The molecule has 0 aliphatic heterocycles. The number of nitrogen functional groups attached to an aromatic ring is 1. The number of aromatic nitrogens is 3. The number of anilines is 2. The Hall–Kier alpha value is -1.69. The molecule has 0 radical (unpaired) electrons. The molecule has 0 unspecified atom stereocenters. The lowest BCUT2D eigenvalue weighted by Crippen LogP contribution is -2.05. The van der Waals surface area contributed by atoms with Crippen molar-refractivity contribution in [2.24, 2.45) is 0 Å². The van der Waals surface area contributed by atoms with Crippen LogP contribution < -0.4 is 11.1 Å². The third-order valence-corrected chi connectivity index (χ3v) is 2.32. The quantitative estimate of drug-likeness (QED) is 0.839. The molecule has 5 nitrogen and oxygen atoms in total. The van der Waals surface area contributed by atoms with Gasteiger partial charge >= 0.3 is 0 Å². The van der Waals surface area contributed by atoms with E-state index in [1.165, 1.54) is 0 Å². The third-order valence-electron chi connectivity index (χ3n) is 1.91. The van der Waals surface area contributed by atoms with E-state index in [1.54, 1.807) is 18.5 Å². The fourth-order valence-corrected chi connectivity index (χ4v) is 1.60. The fourth-order valence-electron chi connectivity index (χ4n) is 1.20. The number of rotatable bonds is 3. The number of nitrogens with zero attached hydrogens (tertiary/aromatic N) is 3. The van der Waals surface area contributed by atoms with Gasteiger partial charge in [-0.3, -0.25) is 4.98 Å². The molecule has 16 heavy (non-hydrogen) atoms. The van der Waals surface area contributed by atoms with E-state index in [9.17, 15) is 0 Å². The fraction of sp³-hybridized carbons (Fsp3) is 0.100. The highest BCUT2D eigenvalue weighted by Crippen LogP contribution is 2.12. The Morgan fingerprint density at radius 2 is 2.00 bits per heavy atom. The number of nitrogens with two attached hydrogens (primary N) is 1. The standard InChI is InChI=1S/C10H10BrN5/c11-8-5-9(12)16-10(15-8)14-6-7-1-3-13-4-2-7/h1-5H,6H2,(H3,12,14,15,16). The molecule has 0 aliphatic rings. The molecule has 0 atom stereocenters. The first-order chi connectivity index (χ1) is 7.74. The molecule has 0 spiro atoms. The lowest BCUT2D eigenvalue weighted by molar-refractivity contribution is 1.04. The van der Waals surface area contributed by atoms with Crippen LogP contribution in [0.5, 0.6) is 0 Å². The maximum absolute atomic E-state index is 5.60. The Balaban J connectivity index is 2.05. The van der Waals surface area contributed by atoms with Crippen molar-refractivity contribution in [1.82, 2.24) is 15.0 Å². The van der Waals surface area contributed by atoms with Crippen LogP contribution in [-0.2, 0) is 6.54 Å². The van der Waals surface area contributed by atoms with Gasteiger partial charge in [-0.1, -0.05) is 0 Å². The molecule has 0 aromatic carbocycles. The molecule has 2 heterocycles. The van der Waals surface area contributed by atoms with E-state index in [4.69, 9.17) is 5.73 Å². The van der Waals surface area contributed by atoms with Gasteiger partial charge in [0.05, 0.1) is 0 Å². The largest absolute Gasteiger partial charge is 0.383 e.